The van der Waals surface area contributed by atoms with Gasteiger partial charge >= 0.3 is 0 Å². The van der Waals surface area contributed by atoms with Crippen molar-refractivity contribution in [3.63, 3.8) is 0 Å². The minimum atomic E-state index is -0.366. The molecule has 2 heteroatoms. The van der Waals surface area contributed by atoms with Crippen LogP contribution in [0.3, 0.4) is 0 Å². The van der Waals surface area contributed by atoms with Gasteiger partial charge in [-0.2, -0.15) is 0 Å². The fourth-order valence-electron chi connectivity index (χ4n) is 2.91. The highest BCUT2D eigenvalue weighted by molar-refractivity contribution is 5.26. The smallest absolute Gasteiger partial charge is 0.0631 e. The first-order valence-corrected chi connectivity index (χ1v) is 4.34. The van der Waals surface area contributed by atoms with Crippen LogP contribution in [0.4, 0.5) is 0 Å². The monoisotopic (exact) mass is 155 g/mol. The van der Waals surface area contributed by atoms with Crippen LogP contribution in [0.5, 0.6) is 0 Å². The Morgan fingerprint density at radius 1 is 1.18 bits per heavy atom. The first-order chi connectivity index (χ1) is 4.93. The lowest BCUT2D eigenvalue weighted by Gasteiger charge is -2.44. The minimum Gasteiger partial charge on any atom is -0.390 e. The van der Waals surface area contributed by atoms with Gasteiger partial charge in [0.2, 0.25) is 0 Å². The Bertz CT molecular complexity index is 192. The fraction of sp³-hybridized carbons (Fsp3) is 1.00. The summed E-state index contributed by atoms with van der Waals surface area (Å²) in [5.41, 5.74) is 0.412. The third-order valence-corrected chi connectivity index (χ3v) is 3.73. The van der Waals surface area contributed by atoms with E-state index in [1.165, 1.54) is 6.42 Å². The highest BCUT2D eigenvalue weighted by Crippen LogP contribution is 2.70. The molecule has 2 aliphatic carbocycles. The molecule has 2 fully saturated rings. The van der Waals surface area contributed by atoms with Crippen LogP contribution in [-0.4, -0.2) is 23.3 Å². The van der Waals surface area contributed by atoms with Crippen molar-refractivity contribution in [3.05, 3.63) is 0 Å². The molecule has 0 aliphatic heterocycles. The van der Waals surface area contributed by atoms with Crippen LogP contribution in [0.1, 0.15) is 33.1 Å². The second-order valence-electron chi connectivity index (χ2n) is 4.89. The maximum Gasteiger partial charge on any atom is 0.0631 e. The molecule has 11 heavy (non-hydrogen) atoms. The minimum absolute atomic E-state index is 0.329. The third kappa shape index (κ3) is 0.798. The fourth-order valence-corrected chi connectivity index (χ4v) is 2.91. The van der Waals surface area contributed by atoms with Crippen molar-refractivity contribution in [1.29, 1.82) is 0 Å². The number of rotatable bonds is 1. The highest BCUT2D eigenvalue weighted by Gasteiger charge is 2.71. The zero-order valence-corrected chi connectivity index (χ0v) is 7.57. The third-order valence-electron chi connectivity index (χ3n) is 3.73. The lowest BCUT2D eigenvalue weighted by Crippen LogP contribution is -2.48. The molecule has 1 atom stereocenters. The van der Waals surface area contributed by atoms with Gasteiger partial charge in [0.25, 0.3) is 0 Å². The maximum atomic E-state index is 9.59. The van der Waals surface area contributed by atoms with E-state index in [4.69, 9.17) is 0 Å². The molecule has 0 bridgehead atoms. The van der Waals surface area contributed by atoms with E-state index in [2.05, 4.69) is 12.2 Å². The summed E-state index contributed by atoms with van der Waals surface area (Å²) in [6.07, 6.45) is 3.21. The molecule has 0 saturated heterocycles. The Morgan fingerprint density at radius 3 is 2.00 bits per heavy atom. The van der Waals surface area contributed by atoms with Crippen molar-refractivity contribution >= 4 is 0 Å². The van der Waals surface area contributed by atoms with Crippen molar-refractivity contribution in [2.45, 2.75) is 44.2 Å². The highest BCUT2D eigenvalue weighted by atomic mass is 16.3. The van der Waals surface area contributed by atoms with Crippen molar-refractivity contribution in [1.82, 2.24) is 5.32 Å². The molecule has 1 spiro atoms. The van der Waals surface area contributed by atoms with Crippen molar-refractivity contribution in [2.75, 3.05) is 7.05 Å². The molecule has 2 saturated carbocycles. The van der Waals surface area contributed by atoms with E-state index in [1.807, 2.05) is 14.0 Å². The van der Waals surface area contributed by atoms with E-state index < -0.39 is 0 Å². The number of nitrogens with one attached hydrogen (secondary N) is 1. The molecule has 0 aromatic rings. The van der Waals surface area contributed by atoms with Gasteiger partial charge in [-0.25, -0.2) is 0 Å². The lowest BCUT2D eigenvalue weighted by molar-refractivity contribution is -0.0785. The van der Waals surface area contributed by atoms with Gasteiger partial charge in [0.1, 0.15) is 0 Å². The van der Waals surface area contributed by atoms with E-state index in [0.29, 0.717) is 11.0 Å². The average Bonchev–Trinajstić information content (AvgIpc) is 2.36. The molecular formula is C9H17NO. The standard InChI is InChI=1S/C9H17NO/c1-7(11)4-9(5-7)6-8(9,2)10-3/h10-11H,4-6H2,1-3H3. The van der Waals surface area contributed by atoms with Crippen LogP contribution in [0.25, 0.3) is 0 Å². The first-order valence-electron chi connectivity index (χ1n) is 4.34. The molecule has 2 nitrogen and oxygen atoms in total. The molecule has 0 aromatic heterocycles. The Morgan fingerprint density at radius 2 is 1.73 bits per heavy atom. The Labute approximate surface area is 68.0 Å². The normalized spacial score (nSPS) is 61.1. The first kappa shape index (κ1) is 7.56. The second-order valence-corrected chi connectivity index (χ2v) is 4.89. The number of hydrogen-bond acceptors (Lipinski definition) is 2. The Kier molecular flexibility index (Phi) is 1.13. The zero-order valence-electron chi connectivity index (χ0n) is 7.57. The molecule has 64 valence electrons. The van der Waals surface area contributed by atoms with Crippen molar-refractivity contribution < 1.29 is 5.11 Å². The maximum absolute atomic E-state index is 9.59. The van der Waals surface area contributed by atoms with Crippen molar-refractivity contribution in [2.24, 2.45) is 5.41 Å². The van der Waals surface area contributed by atoms with E-state index >= 15 is 0 Å². The summed E-state index contributed by atoms with van der Waals surface area (Å²) in [5.74, 6) is 0. The van der Waals surface area contributed by atoms with E-state index in [0.717, 1.165) is 12.8 Å². The molecule has 0 aromatic carbocycles. The predicted octanol–water partition coefficient (Wildman–Crippen LogP) is 0.899. The summed E-state index contributed by atoms with van der Waals surface area (Å²) in [4.78, 5) is 0. The van der Waals surface area contributed by atoms with Gasteiger partial charge < -0.3 is 10.4 Å². The van der Waals surface area contributed by atoms with Gasteiger partial charge in [0.05, 0.1) is 5.60 Å². The summed E-state index contributed by atoms with van der Waals surface area (Å²) < 4.78 is 0. The van der Waals surface area contributed by atoms with E-state index in [9.17, 15) is 5.11 Å². The second kappa shape index (κ2) is 1.64. The largest absolute Gasteiger partial charge is 0.390 e. The summed E-state index contributed by atoms with van der Waals surface area (Å²) in [6.45, 7) is 4.19. The topological polar surface area (TPSA) is 32.3 Å². The lowest BCUT2D eigenvalue weighted by atomic mass is 9.67. The van der Waals surface area contributed by atoms with Gasteiger partial charge in [-0.05, 0) is 45.6 Å². The Balaban J connectivity index is 2.02. The molecule has 0 heterocycles. The molecular weight excluding hydrogens is 138 g/mol. The SMILES string of the molecule is CNC1(C)CC12CC(C)(O)C2. The van der Waals surface area contributed by atoms with Gasteiger partial charge in [-0.1, -0.05) is 0 Å². The van der Waals surface area contributed by atoms with E-state index in [1.54, 1.807) is 0 Å². The van der Waals surface area contributed by atoms with Gasteiger partial charge in [-0.15, -0.1) is 0 Å². The van der Waals surface area contributed by atoms with Gasteiger partial charge in [0, 0.05) is 5.54 Å². The van der Waals surface area contributed by atoms with Crippen molar-refractivity contribution in [3.8, 4) is 0 Å². The predicted molar refractivity (Wildman–Crippen MR) is 44.4 cm³/mol. The quantitative estimate of drug-likeness (QED) is 0.589. The molecule has 0 radical (unpaired) electrons. The molecule has 2 N–H and O–H groups in total. The van der Waals surface area contributed by atoms with E-state index in [-0.39, 0.29) is 5.60 Å². The molecule has 2 rings (SSSR count). The van der Waals surface area contributed by atoms with Crippen LogP contribution in [0.15, 0.2) is 0 Å². The molecule has 0 amide bonds. The summed E-state index contributed by atoms with van der Waals surface area (Å²) >= 11 is 0. The van der Waals surface area contributed by atoms with Crippen LogP contribution >= 0.6 is 0 Å². The molecule has 2 aliphatic rings. The number of hydrogen-bond donors (Lipinski definition) is 2. The van der Waals surface area contributed by atoms with Crippen LogP contribution in [0.2, 0.25) is 0 Å². The van der Waals surface area contributed by atoms with Crippen LogP contribution in [-0.2, 0) is 0 Å². The Hall–Kier alpha value is -0.0800. The zero-order chi connectivity index (χ0) is 8.33. The summed E-state index contributed by atoms with van der Waals surface area (Å²) in [5, 5.41) is 12.9. The number of aliphatic hydroxyl groups is 1. The van der Waals surface area contributed by atoms with Crippen LogP contribution < -0.4 is 5.32 Å². The molecule has 1 unspecified atom stereocenters. The van der Waals surface area contributed by atoms with Gasteiger partial charge in [0.15, 0.2) is 0 Å². The van der Waals surface area contributed by atoms with Crippen LogP contribution in [0, 0.1) is 5.41 Å². The summed E-state index contributed by atoms with van der Waals surface area (Å²) in [6, 6.07) is 0. The average molecular weight is 155 g/mol. The summed E-state index contributed by atoms with van der Waals surface area (Å²) in [7, 11) is 2.02. The van der Waals surface area contributed by atoms with Gasteiger partial charge in [-0.3, -0.25) is 0 Å².